The first kappa shape index (κ1) is 21.0. The van der Waals surface area contributed by atoms with E-state index in [4.69, 9.17) is 0 Å². The highest BCUT2D eigenvalue weighted by Crippen LogP contribution is 2.30. The van der Waals surface area contributed by atoms with E-state index < -0.39 is 35.8 Å². The molecule has 0 saturated carbocycles. The zero-order valence-electron chi connectivity index (χ0n) is 15.0. The lowest BCUT2D eigenvalue weighted by atomic mass is 10.1. The van der Waals surface area contributed by atoms with Crippen LogP contribution in [0.25, 0.3) is 0 Å². The molecule has 1 heterocycles. The molecule has 0 aromatic heterocycles. The molecule has 1 aromatic carbocycles. The molecule has 1 aliphatic heterocycles. The number of aliphatic hydroxyl groups excluding tert-OH is 2. The molecule has 7 nitrogen and oxygen atoms in total. The van der Waals surface area contributed by atoms with E-state index in [0.717, 1.165) is 17.0 Å². The van der Waals surface area contributed by atoms with Crippen molar-refractivity contribution < 1.29 is 33.0 Å². The van der Waals surface area contributed by atoms with Gasteiger partial charge in [0, 0.05) is 46.0 Å². The zero-order valence-corrected chi connectivity index (χ0v) is 15.0. The Morgan fingerprint density at radius 1 is 1.00 bits per heavy atom. The first-order valence-electron chi connectivity index (χ1n) is 8.30. The fraction of sp³-hybridized carbons (Fsp3) is 0.529. The van der Waals surface area contributed by atoms with Gasteiger partial charge in [-0.25, -0.2) is 0 Å². The average molecular weight is 389 g/mol. The second-order valence-electron chi connectivity index (χ2n) is 6.48. The highest BCUT2D eigenvalue weighted by molar-refractivity contribution is 5.90. The Kier molecular flexibility index (Phi) is 6.32. The molecule has 0 bridgehead atoms. The molecule has 0 radical (unpaired) electrons. The minimum absolute atomic E-state index is 0.208. The third kappa shape index (κ3) is 4.89. The summed E-state index contributed by atoms with van der Waals surface area (Å²) in [6.45, 7) is 1.11. The number of aliphatic hydroxyl groups is 2. The number of nitrogens with zero attached hydrogens (tertiary/aromatic N) is 3. The first-order valence-corrected chi connectivity index (χ1v) is 8.30. The van der Waals surface area contributed by atoms with Crippen molar-refractivity contribution in [2.24, 2.45) is 0 Å². The summed E-state index contributed by atoms with van der Waals surface area (Å²) < 4.78 is 37.9. The van der Waals surface area contributed by atoms with Crippen molar-refractivity contribution in [1.29, 1.82) is 0 Å². The molecule has 10 heteroatoms. The van der Waals surface area contributed by atoms with Crippen LogP contribution in [-0.2, 0) is 15.8 Å². The largest absolute Gasteiger partial charge is 0.416 e. The average Bonchev–Trinajstić information content (AvgIpc) is 2.65. The van der Waals surface area contributed by atoms with Gasteiger partial charge in [-0.2, -0.15) is 13.2 Å². The topological polar surface area (TPSA) is 84.3 Å². The molecule has 1 saturated heterocycles. The number of likely N-dealkylation sites (N-methyl/N-ethyl adjacent to an activating group) is 1. The molecule has 2 atom stereocenters. The number of amides is 2. The fourth-order valence-electron chi connectivity index (χ4n) is 2.77. The number of alkyl halides is 3. The van der Waals surface area contributed by atoms with Crippen LogP contribution in [-0.4, -0.2) is 84.3 Å². The van der Waals surface area contributed by atoms with Crippen LogP contribution in [0.3, 0.4) is 0 Å². The van der Waals surface area contributed by atoms with Crippen LogP contribution in [0.15, 0.2) is 24.3 Å². The number of halogens is 3. The minimum atomic E-state index is -4.40. The number of anilines is 1. The smallest absolute Gasteiger partial charge is 0.380 e. The van der Waals surface area contributed by atoms with E-state index in [1.165, 1.54) is 31.1 Å². The number of hydrogen-bond acceptors (Lipinski definition) is 5. The Morgan fingerprint density at radius 2 is 1.52 bits per heavy atom. The molecule has 2 amide bonds. The lowest BCUT2D eigenvalue weighted by Crippen LogP contribution is -2.55. The molecule has 2 rings (SSSR count). The number of piperazine rings is 1. The number of benzene rings is 1. The first-order chi connectivity index (χ1) is 12.5. The molecule has 1 aromatic rings. The molecule has 150 valence electrons. The van der Waals surface area contributed by atoms with E-state index in [-0.39, 0.29) is 13.1 Å². The zero-order chi connectivity index (χ0) is 20.4. The highest BCUT2D eigenvalue weighted by atomic mass is 19.4. The van der Waals surface area contributed by atoms with Gasteiger partial charge in [0.15, 0.2) is 12.2 Å². The van der Waals surface area contributed by atoms with Gasteiger partial charge in [0.05, 0.1) is 5.56 Å². The normalized spacial score (nSPS) is 17.4. The van der Waals surface area contributed by atoms with Crippen LogP contribution in [0.4, 0.5) is 18.9 Å². The van der Waals surface area contributed by atoms with Crippen LogP contribution in [0, 0.1) is 0 Å². The van der Waals surface area contributed by atoms with Crippen molar-refractivity contribution in [2.75, 3.05) is 45.2 Å². The Bertz CT molecular complexity index is 671. The van der Waals surface area contributed by atoms with E-state index in [2.05, 4.69) is 0 Å². The quantitative estimate of drug-likeness (QED) is 0.767. The standard InChI is InChI=1S/C17H22F3N3O4/c1-21(2)15(26)13(24)14(25)16(27)23-9-7-22(8-10-23)12-5-3-11(4-6-12)17(18,19)20/h3-6,13-14,24-25H,7-10H2,1-2H3/t13-,14-/m1/s1. The molecular weight excluding hydrogens is 367 g/mol. The van der Waals surface area contributed by atoms with Gasteiger partial charge in [0.2, 0.25) is 0 Å². The Labute approximate surface area is 154 Å². The van der Waals surface area contributed by atoms with Gasteiger partial charge in [-0.3, -0.25) is 9.59 Å². The van der Waals surface area contributed by atoms with Gasteiger partial charge in [0.25, 0.3) is 11.8 Å². The maximum Gasteiger partial charge on any atom is 0.416 e. The van der Waals surface area contributed by atoms with Crippen LogP contribution >= 0.6 is 0 Å². The van der Waals surface area contributed by atoms with Gasteiger partial charge >= 0.3 is 6.18 Å². The third-order valence-electron chi connectivity index (χ3n) is 4.40. The maximum atomic E-state index is 12.6. The third-order valence-corrected chi connectivity index (χ3v) is 4.40. The molecule has 1 aliphatic rings. The molecule has 27 heavy (non-hydrogen) atoms. The van der Waals surface area contributed by atoms with Gasteiger partial charge in [-0.15, -0.1) is 0 Å². The predicted molar refractivity (Wildman–Crippen MR) is 90.9 cm³/mol. The summed E-state index contributed by atoms with van der Waals surface area (Å²) in [6.07, 6.45) is -8.11. The molecule has 0 aliphatic carbocycles. The van der Waals surface area contributed by atoms with E-state index in [9.17, 15) is 33.0 Å². The monoisotopic (exact) mass is 389 g/mol. The van der Waals surface area contributed by atoms with Crippen molar-refractivity contribution in [2.45, 2.75) is 18.4 Å². The Balaban J connectivity index is 1.94. The summed E-state index contributed by atoms with van der Waals surface area (Å²) >= 11 is 0. The van der Waals surface area contributed by atoms with Gasteiger partial charge in [-0.05, 0) is 24.3 Å². The Hall–Kier alpha value is -2.33. The fourth-order valence-corrected chi connectivity index (χ4v) is 2.77. The molecular formula is C17H22F3N3O4. The summed E-state index contributed by atoms with van der Waals surface area (Å²) in [5.74, 6) is -1.54. The van der Waals surface area contributed by atoms with Crippen molar-refractivity contribution in [3.63, 3.8) is 0 Å². The van der Waals surface area contributed by atoms with Crippen LogP contribution < -0.4 is 4.90 Å². The van der Waals surface area contributed by atoms with Crippen molar-refractivity contribution in [1.82, 2.24) is 9.80 Å². The van der Waals surface area contributed by atoms with Crippen molar-refractivity contribution in [3.05, 3.63) is 29.8 Å². The maximum absolute atomic E-state index is 12.6. The summed E-state index contributed by atoms with van der Waals surface area (Å²) in [5, 5.41) is 19.7. The molecule has 2 N–H and O–H groups in total. The molecule has 1 fully saturated rings. The number of carbonyl (C=O) groups is 2. The number of carbonyl (C=O) groups excluding carboxylic acids is 2. The summed E-state index contributed by atoms with van der Waals surface area (Å²) in [7, 11) is 2.79. The van der Waals surface area contributed by atoms with Crippen molar-refractivity contribution in [3.8, 4) is 0 Å². The lowest BCUT2D eigenvalue weighted by molar-refractivity contribution is -0.156. The predicted octanol–water partition coefficient (Wildman–Crippen LogP) is 0.164. The number of rotatable bonds is 4. The highest BCUT2D eigenvalue weighted by Gasteiger charge is 2.35. The van der Waals surface area contributed by atoms with Crippen LogP contribution in [0.2, 0.25) is 0 Å². The second kappa shape index (κ2) is 8.13. The minimum Gasteiger partial charge on any atom is -0.380 e. The Morgan fingerprint density at radius 3 is 1.96 bits per heavy atom. The SMILES string of the molecule is CN(C)C(=O)[C@H](O)[C@@H](O)C(=O)N1CCN(c2ccc(C(F)(F)F)cc2)CC1. The van der Waals surface area contributed by atoms with Gasteiger partial charge in [-0.1, -0.05) is 0 Å². The number of hydrogen-bond donors (Lipinski definition) is 2. The van der Waals surface area contributed by atoms with Crippen molar-refractivity contribution >= 4 is 17.5 Å². The molecule has 0 unspecified atom stereocenters. The van der Waals surface area contributed by atoms with Gasteiger partial charge < -0.3 is 24.9 Å². The second-order valence-corrected chi connectivity index (χ2v) is 6.48. The van der Waals surface area contributed by atoms with Crippen LogP contribution in [0.1, 0.15) is 5.56 Å². The van der Waals surface area contributed by atoms with E-state index >= 15 is 0 Å². The summed E-state index contributed by atoms with van der Waals surface area (Å²) in [4.78, 5) is 28.1. The van der Waals surface area contributed by atoms with Crippen LogP contribution in [0.5, 0.6) is 0 Å². The molecule has 0 spiro atoms. The summed E-state index contributed by atoms with van der Waals surface area (Å²) in [5.41, 5.74) is -0.138. The van der Waals surface area contributed by atoms with E-state index in [0.29, 0.717) is 18.8 Å². The van der Waals surface area contributed by atoms with E-state index in [1.807, 2.05) is 4.90 Å². The van der Waals surface area contributed by atoms with E-state index in [1.54, 1.807) is 0 Å². The van der Waals surface area contributed by atoms with Gasteiger partial charge in [0.1, 0.15) is 0 Å². The lowest BCUT2D eigenvalue weighted by Gasteiger charge is -2.37. The summed E-state index contributed by atoms with van der Waals surface area (Å²) in [6, 6.07) is 4.74.